The molecule has 0 saturated carbocycles. The third-order valence-electron chi connectivity index (χ3n) is 5.55. The summed E-state index contributed by atoms with van der Waals surface area (Å²) < 4.78 is 0. The maximum absolute atomic E-state index is 12.7. The average molecular weight is 444 g/mol. The highest BCUT2D eigenvalue weighted by Crippen LogP contribution is 2.29. The first-order chi connectivity index (χ1) is 15.7. The van der Waals surface area contributed by atoms with E-state index in [0.29, 0.717) is 11.1 Å². The summed E-state index contributed by atoms with van der Waals surface area (Å²) in [6.07, 6.45) is 0. The minimum atomic E-state index is -0.655. The lowest BCUT2D eigenvalue weighted by Crippen LogP contribution is -2.45. The van der Waals surface area contributed by atoms with E-state index in [1.54, 1.807) is 26.8 Å². The zero-order chi connectivity index (χ0) is 23.8. The highest BCUT2D eigenvalue weighted by molar-refractivity contribution is 6.22. The summed E-state index contributed by atoms with van der Waals surface area (Å²) in [5, 5.41) is 7.40. The Labute approximate surface area is 191 Å². The number of hydrogen-bond donors (Lipinski definition) is 2. The van der Waals surface area contributed by atoms with Crippen molar-refractivity contribution in [3.05, 3.63) is 82.9 Å². The van der Waals surface area contributed by atoms with Crippen molar-refractivity contribution >= 4 is 34.4 Å². The Morgan fingerprint density at radius 3 is 2.15 bits per heavy atom. The first kappa shape index (κ1) is 22.2. The summed E-state index contributed by atoms with van der Waals surface area (Å²) in [5.41, 5.74) is 0.731. The first-order valence-electron chi connectivity index (χ1n) is 10.8. The normalized spacial score (nSPS) is 13.2. The molecule has 0 aliphatic carbocycles. The predicted molar refractivity (Wildman–Crippen MR) is 125 cm³/mol. The molecule has 0 bridgehead atoms. The van der Waals surface area contributed by atoms with E-state index in [2.05, 4.69) is 10.6 Å². The Hall–Kier alpha value is -4.00. The first-order valence-corrected chi connectivity index (χ1v) is 10.8. The number of benzene rings is 3. The molecule has 0 fully saturated rings. The van der Waals surface area contributed by atoms with Gasteiger partial charge < -0.3 is 10.6 Å². The van der Waals surface area contributed by atoms with Gasteiger partial charge in [-0.25, -0.2) is 0 Å². The maximum atomic E-state index is 12.7. The number of nitrogens with zero attached hydrogens (tertiary/aromatic N) is 1. The van der Waals surface area contributed by atoms with Gasteiger partial charge in [0.1, 0.15) is 0 Å². The van der Waals surface area contributed by atoms with Crippen molar-refractivity contribution in [3.8, 4) is 0 Å². The second kappa shape index (κ2) is 8.50. The van der Waals surface area contributed by atoms with Crippen molar-refractivity contribution in [1.29, 1.82) is 0 Å². The van der Waals surface area contributed by atoms with E-state index in [0.717, 1.165) is 10.8 Å². The Kier molecular flexibility index (Phi) is 5.72. The fraction of sp³-hybridized carbons (Fsp3) is 0.231. The molecule has 1 heterocycles. The van der Waals surface area contributed by atoms with E-state index in [9.17, 15) is 19.2 Å². The minimum absolute atomic E-state index is 0.216. The Bertz CT molecular complexity index is 1280. The number of fused-ring (bicyclic) bond motifs is 2. The Balaban J connectivity index is 1.37. The highest BCUT2D eigenvalue weighted by atomic mass is 16.2. The van der Waals surface area contributed by atoms with E-state index in [4.69, 9.17) is 0 Å². The molecule has 3 aromatic rings. The van der Waals surface area contributed by atoms with Gasteiger partial charge >= 0.3 is 0 Å². The molecule has 2 N–H and O–H groups in total. The molecule has 0 spiro atoms. The van der Waals surface area contributed by atoms with Gasteiger partial charge in [-0.05, 0) is 55.8 Å². The lowest BCUT2D eigenvalue weighted by Gasteiger charge is -2.29. The van der Waals surface area contributed by atoms with E-state index < -0.39 is 11.4 Å². The van der Waals surface area contributed by atoms with Gasteiger partial charge in [-0.15, -0.1) is 0 Å². The van der Waals surface area contributed by atoms with Gasteiger partial charge in [-0.1, -0.05) is 36.4 Å². The van der Waals surface area contributed by atoms with Crippen LogP contribution in [-0.4, -0.2) is 47.2 Å². The molecule has 168 valence electrons. The van der Waals surface area contributed by atoms with E-state index in [1.165, 1.54) is 23.1 Å². The van der Waals surface area contributed by atoms with Crippen molar-refractivity contribution in [2.75, 3.05) is 13.1 Å². The van der Waals surface area contributed by atoms with Crippen LogP contribution in [-0.2, 0) is 0 Å². The van der Waals surface area contributed by atoms with E-state index in [1.807, 2.05) is 36.4 Å². The van der Waals surface area contributed by atoms with Crippen LogP contribution in [0.15, 0.2) is 60.7 Å². The molecule has 7 nitrogen and oxygen atoms in total. The van der Waals surface area contributed by atoms with Crippen LogP contribution >= 0.6 is 0 Å². The van der Waals surface area contributed by atoms with Crippen LogP contribution in [0.3, 0.4) is 0 Å². The molecule has 0 saturated heterocycles. The largest absolute Gasteiger partial charge is 0.350 e. The summed E-state index contributed by atoms with van der Waals surface area (Å²) in [6, 6.07) is 17.7. The van der Waals surface area contributed by atoms with Crippen LogP contribution < -0.4 is 10.6 Å². The summed E-state index contributed by atoms with van der Waals surface area (Å²) in [5.74, 6) is -1.36. The topological polar surface area (TPSA) is 95.6 Å². The number of nitrogens with one attached hydrogen (secondary N) is 2. The lowest BCUT2D eigenvalue weighted by atomic mass is 10.0. The fourth-order valence-corrected chi connectivity index (χ4v) is 3.96. The minimum Gasteiger partial charge on any atom is -0.350 e. The number of rotatable bonds is 5. The van der Waals surface area contributed by atoms with Gasteiger partial charge in [-0.3, -0.25) is 24.1 Å². The Morgan fingerprint density at radius 2 is 1.42 bits per heavy atom. The van der Waals surface area contributed by atoms with Crippen molar-refractivity contribution in [3.63, 3.8) is 0 Å². The smallest absolute Gasteiger partial charge is 0.262 e. The third-order valence-corrected chi connectivity index (χ3v) is 5.55. The van der Waals surface area contributed by atoms with Gasteiger partial charge in [0.05, 0.1) is 11.1 Å². The molecule has 7 heteroatoms. The number of amides is 4. The summed E-state index contributed by atoms with van der Waals surface area (Å²) >= 11 is 0. The number of carbonyl (C=O) groups excluding carboxylic acids is 4. The summed E-state index contributed by atoms with van der Waals surface area (Å²) in [4.78, 5) is 51.6. The molecule has 0 aromatic heterocycles. The fourth-order valence-electron chi connectivity index (χ4n) is 3.96. The molecule has 4 rings (SSSR count). The van der Waals surface area contributed by atoms with Crippen molar-refractivity contribution in [2.24, 2.45) is 0 Å². The monoisotopic (exact) mass is 443 g/mol. The third kappa shape index (κ3) is 4.22. The van der Waals surface area contributed by atoms with Gasteiger partial charge in [-0.2, -0.15) is 0 Å². The standard InChI is InChI=1S/C26H25N3O4/c1-26(2,3)29-24(32)20-12-11-17(15-21(20)25(29)33)22(30)27-13-14-28-23(31)19-10-6-8-16-7-4-5-9-18(16)19/h4-12,15H,13-14H2,1-3H3,(H,27,30)(H,28,31). The number of hydrogen-bond acceptors (Lipinski definition) is 4. The number of carbonyl (C=O) groups is 4. The molecule has 0 atom stereocenters. The summed E-state index contributed by atoms with van der Waals surface area (Å²) in [6.45, 7) is 5.82. The van der Waals surface area contributed by atoms with Crippen LogP contribution in [0, 0.1) is 0 Å². The molecule has 1 aliphatic rings. The zero-order valence-electron chi connectivity index (χ0n) is 18.8. The molecule has 33 heavy (non-hydrogen) atoms. The van der Waals surface area contributed by atoms with Crippen LogP contribution in [0.25, 0.3) is 10.8 Å². The summed E-state index contributed by atoms with van der Waals surface area (Å²) in [7, 11) is 0. The van der Waals surface area contributed by atoms with Gasteiger partial charge in [0.25, 0.3) is 23.6 Å². The predicted octanol–water partition coefficient (Wildman–Crippen LogP) is 3.39. The molecular formula is C26H25N3O4. The molecule has 3 aromatic carbocycles. The van der Waals surface area contributed by atoms with Gasteiger partial charge in [0.15, 0.2) is 0 Å². The Morgan fingerprint density at radius 1 is 0.788 bits per heavy atom. The van der Waals surface area contributed by atoms with Crippen LogP contribution in [0.5, 0.6) is 0 Å². The van der Waals surface area contributed by atoms with E-state index in [-0.39, 0.29) is 41.9 Å². The SMILES string of the molecule is CC(C)(C)N1C(=O)c2ccc(C(=O)NCCNC(=O)c3cccc4ccccc34)cc2C1=O. The van der Waals surface area contributed by atoms with Crippen molar-refractivity contribution in [2.45, 2.75) is 26.3 Å². The second-order valence-corrected chi connectivity index (χ2v) is 8.92. The quantitative estimate of drug-likeness (QED) is 0.467. The van der Waals surface area contributed by atoms with Crippen LogP contribution in [0.1, 0.15) is 62.2 Å². The highest BCUT2D eigenvalue weighted by Gasteiger charge is 2.42. The maximum Gasteiger partial charge on any atom is 0.262 e. The lowest BCUT2D eigenvalue weighted by molar-refractivity contribution is 0.0507. The molecule has 0 radical (unpaired) electrons. The molecule has 0 unspecified atom stereocenters. The van der Waals surface area contributed by atoms with E-state index >= 15 is 0 Å². The average Bonchev–Trinajstić information content (AvgIpc) is 3.05. The zero-order valence-corrected chi connectivity index (χ0v) is 18.8. The molecule has 4 amide bonds. The van der Waals surface area contributed by atoms with Gasteiger partial charge in [0, 0.05) is 29.8 Å². The number of imide groups is 1. The van der Waals surface area contributed by atoms with Gasteiger partial charge in [0.2, 0.25) is 0 Å². The van der Waals surface area contributed by atoms with Crippen LogP contribution in [0.2, 0.25) is 0 Å². The molecule has 1 aliphatic heterocycles. The molecular weight excluding hydrogens is 418 g/mol. The van der Waals surface area contributed by atoms with Crippen molar-refractivity contribution < 1.29 is 19.2 Å². The van der Waals surface area contributed by atoms with Crippen LogP contribution in [0.4, 0.5) is 0 Å². The van der Waals surface area contributed by atoms with Crippen molar-refractivity contribution in [1.82, 2.24) is 15.5 Å². The second-order valence-electron chi connectivity index (χ2n) is 8.92.